The maximum Gasteiger partial charge on any atom is 0.324 e. The molecule has 0 radical (unpaired) electrons. The molecule has 0 aromatic heterocycles. The van der Waals surface area contributed by atoms with Gasteiger partial charge in [0.25, 0.3) is 0 Å². The molecule has 2 heterocycles. The summed E-state index contributed by atoms with van der Waals surface area (Å²) in [6.45, 7) is 1.98. The van der Waals surface area contributed by atoms with E-state index >= 15 is 0 Å². The van der Waals surface area contributed by atoms with E-state index in [1.54, 1.807) is 0 Å². The summed E-state index contributed by atoms with van der Waals surface area (Å²) in [5.41, 5.74) is -0.389. The minimum absolute atomic E-state index is 0.0628. The summed E-state index contributed by atoms with van der Waals surface area (Å²) in [5, 5.41) is 24.9. The molecule has 2 fully saturated rings. The number of rotatable bonds is 6. The van der Waals surface area contributed by atoms with Crippen LogP contribution in [0.2, 0.25) is 0 Å². The van der Waals surface area contributed by atoms with Crippen molar-refractivity contribution >= 4 is 17.9 Å². The molecule has 0 aromatic carbocycles. The molecule has 0 amide bonds. The molecule has 0 bridgehead atoms. The number of hydrogen-bond donors (Lipinski definition) is 3. The van der Waals surface area contributed by atoms with Gasteiger partial charge in [-0.2, -0.15) is 0 Å². The predicted octanol–water partition coefficient (Wildman–Crippen LogP) is 0.635. The van der Waals surface area contributed by atoms with Crippen LogP contribution in [-0.2, 0) is 14.4 Å². The number of carboxylic acid groups (broad SMARTS) is 3. The first-order valence-corrected chi connectivity index (χ1v) is 6.30. The van der Waals surface area contributed by atoms with E-state index in [4.69, 9.17) is 15.3 Å². The van der Waals surface area contributed by atoms with Gasteiger partial charge in [0.15, 0.2) is 0 Å². The molecular formula is C12H19NO6. The third kappa shape index (κ3) is 3.92. The highest BCUT2D eigenvalue weighted by Crippen LogP contribution is 2.42. The van der Waals surface area contributed by atoms with Crippen LogP contribution in [0, 0.1) is 0 Å². The smallest absolute Gasteiger partial charge is 0.324 e. The molecule has 108 valence electrons. The Balaban J connectivity index is 0.000000190. The zero-order valence-electron chi connectivity index (χ0n) is 10.7. The Bertz CT molecular complexity index is 343. The van der Waals surface area contributed by atoms with Crippen molar-refractivity contribution in [2.24, 2.45) is 0 Å². The van der Waals surface area contributed by atoms with Gasteiger partial charge in [0.1, 0.15) is 5.54 Å². The molecule has 0 atom stereocenters. The van der Waals surface area contributed by atoms with E-state index in [0.29, 0.717) is 12.8 Å². The van der Waals surface area contributed by atoms with Gasteiger partial charge in [-0.1, -0.05) is 0 Å². The van der Waals surface area contributed by atoms with E-state index in [1.807, 2.05) is 4.90 Å². The Morgan fingerprint density at radius 1 is 0.895 bits per heavy atom. The molecule has 0 saturated carbocycles. The highest BCUT2D eigenvalue weighted by molar-refractivity contribution is 5.81. The molecule has 3 N–H and O–H groups in total. The Morgan fingerprint density at radius 2 is 1.32 bits per heavy atom. The Hall–Kier alpha value is -1.63. The van der Waals surface area contributed by atoms with Gasteiger partial charge in [-0.05, 0) is 25.7 Å². The third-order valence-electron chi connectivity index (χ3n) is 3.63. The van der Waals surface area contributed by atoms with Gasteiger partial charge in [-0.25, -0.2) is 0 Å². The maximum absolute atomic E-state index is 10.5. The van der Waals surface area contributed by atoms with E-state index in [1.165, 1.54) is 0 Å². The number of piperidine rings is 1. The second kappa shape index (κ2) is 6.51. The van der Waals surface area contributed by atoms with Gasteiger partial charge < -0.3 is 15.3 Å². The molecule has 7 heteroatoms. The van der Waals surface area contributed by atoms with E-state index in [-0.39, 0.29) is 18.4 Å². The van der Waals surface area contributed by atoms with Gasteiger partial charge in [0.2, 0.25) is 0 Å². The number of aliphatic carboxylic acids is 3. The minimum atomic E-state index is -0.870. The van der Waals surface area contributed by atoms with Crippen molar-refractivity contribution in [2.75, 3.05) is 13.1 Å². The molecule has 2 rings (SSSR count). The van der Waals surface area contributed by atoms with Gasteiger partial charge in [0, 0.05) is 25.9 Å². The normalized spacial score (nSPS) is 18.9. The van der Waals surface area contributed by atoms with Gasteiger partial charge in [0.05, 0.1) is 0 Å². The molecule has 0 aliphatic carbocycles. The van der Waals surface area contributed by atoms with Crippen LogP contribution in [0.3, 0.4) is 0 Å². The minimum Gasteiger partial charge on any atom is -0.481 e. The van der Waals surface area contributed by atoms with Crippen molar-refractivity contribution in [1.82, 2.24) is 4.90 Å². The van der Waals surface area contributed by atoms with Gasteiger partial charge in [-0.3, -0.25) is 19.3 Å². The lowest BCUT2D eigenvalue weighted by Crippen LogP contribution is -2.73. The van der Waals surface area contributed by atoms with Crippen LogP contribution < -0.4 is 0 Å². The van der Waals surface area contributed by atoms with Crippen LogP contribution in [0.4, 0.5) is 0 Å². The molecule has 7 nitrogen and oxygen atoms in total. The zero-order chi connectivity index (χ0) is 14.5. The molecule has 0 spiro atoms. The molecular weight excluding hydrogens is 254 g/mol. The monoisotopic (exact) mass is 273 g/mol. The van der Waals surface area contributed by atoms with Crippen molar-refractivity contribution in [3.8, 4) is 0 Å². The van der Waals surface area contributed by atoms with Crippen molar-refractivity contribution in [3.05, 3.63) is 0 Å². The van der Waals surface area contributed by atoms with Crippen LogP contribution >= 0.6 is 0 Å². The number of unbranched alkanes of at least 4 members (excludes halogenated alkanes) is 1. The van der Waals surface area contributed by atoms with Crippen LogP contribution in [0.25, 0.3) is 0 Å². The van der Waals surface area contributed by atoms with Crippen molar-refractivity contribution in [3.63, 3.8) is 0 Å². The summed E-state index contributed by atoms with van der Waals surface area (Å²) >= 11 is 0. The lowest BCUT2D eigenvalue weighted by molar-refractivity contribution is -0.179. The topological polar surface area (TPSA) is 115 Å². The summed E-state index contributed by atoms with van der Waals surface area (Å²) in [6, 6.07) is 0. The average Bonchev–Trinajstić information content (AvgIpc) is 2.29. The Labute approximate surface area is 110 Å². The van der Waals surface area contributed by atoms with Crippen LogP contribution in [0.15, 0.2) is 0 Å². The molecule has 2 aliphatic rings. The quantitative estimate of drug-likeness (QED) is 0.608. The van der Waals surface area contributed by atoms with Gasteiger partial charge in [-0.15, -0.1) is 0 Å². The molecule has 0 unspecified atom stereocenters. The highest BCUT2D eigenvalue weighted by atomic mass is 16.4. The fourth-order valence-electron chi connectivity index (χ4n) is 2.22. The van der Waals surface area contributed by atoms with Crippen molar-refractivity contribution in [2.45, 2.75) is 44.1 Å². The molecule has 2 aliphatic heterocycles. The molecule has 19 heavy (non-hydrogen) atoms. The summed E-state index contributed by atoms with van der Waals surface area (Å²) in [7, 11) is 0. The third-order valence-corrected chi connectivity index (χ3v) is 3.63. The Morgan fingerprint density at radius 3 is 1.42 bits per heavy atom. The molecule has 2 saturated heterocycles. The summed E-state index contributed by atoms with van der Waals surface area (Å²) in [4.78, 5) is 32.3. The fraction of sp³-hybridized carbons (Fsp3) is 0.750. The lowest BCUT2D eigenvalue weighted by Gasteiger charge is -2.58. The van der Waals surface area contributed by atoms with Crippen LogP contribution in [0.5, 0.6) is 0 Å². The first-order valence-electron chi connectivity index (χ1n) is 6.30. The number of carbonyl (C=O) groups is 3. The number of fused-ring (bicyclic) bond motifs is 1. The number of carboxylic acids is 3. The summed E-state index contributed by atoms with van der Waals surface area (Å²) in [6.07, 6.45) is 2.74. The maximum atomic E-state index is 10.5. The second-order valence-electron chi connectivity index (χ2n) is 4.82. The van der Waals surface area contributed by atoms with Crippen LogP contribution in [-0.4, -0.2) is 56.8 Å². The second-order valence-corrected chi connectivity index (χ2v) is 4.82. The Kier molecular flexibility index (Phi) is 5.29. The van der Waals surface area contributed by atoms with Crippen molar-refractivity contribution in [1.29, 1.82) is 0 Å². The van der Waals surface area contributed by atoms with E-state index in [2.05, 4.69) is 0 Å². The number of nitrogens with zero attached hydrogens (tertiary/aromatic N) is 1. The largest absolute Gasteiger partial charge is 0.481 e. The predicted molar refractivity (Wildman–Crippen MR) is 64.9 cm³/mol. The van der Waals surface area contributed by atoms with E-state index in [9.17, 15) is 14.4 Å². The first-order chi connectivity index (χ1) is 8.88. The standard InChI is InChI=1S/C6H9NO2.C6H10O4/c8-5(9)6-1-3-7(6)4-2-6;7-5(8)3-1-2-4-6(9)10/h1-4H2,(H,8,9);1-4H2,(H,7,8)(H,9,10). The number of hydrogen-bond acceptors (Lipinski definition) is 4. The van der Waals surface area contributed by atoms with Gasteiger partial charge >= 0.3 is 17.9 Å². The summed E-state index contributed by atoms with van der Waals surface area (Å²) in [5.74, 6) is -2.37. The average molecular weight is 273 g/mol. The summed E-state index contributed by atoms with van der Waals surface area (Å²) < 4.78 is 0. The first kappa shape index (κ1) is 15.4. The van der Waals surface area contributed by atoms with Crippen molar-refractivity contribution < 1.29 is 29.7 Å². The van der Waals surface area contributed by atoms with E-state index in [0.717, 1.165) is 25.9 Å². The fourth-order valence-corrected chi connectivity index (χ4v) is 2.22. The SMILES string of the molecule is O=C(O)C12CCN1CC2.O=C(O)CCCCC(=O)O. The highest BCUT2D eigenvalue weighted by Gasteiger charge is 2.57. The lowest BCUT2D eigenvalue weighted by atomic mass is 9.74. The van der Waals surface area contributed by atoms with E-state index < -0.39 is 17.9 Å². The molecule has 0 aromatic rings. The zero-order valence-corrected chi connectivity index (χ0v) is 10.7. The van der Waals surface area contributed by atoms with Crippen LogP contribution in [0.1, 0.15) is 38.5 Å².